The molecule has 0 saturated carbocycles. The van der Waals surface area contributed by atoms with Gasteiger partial charge in [-0.25, -0.2) is 9.78 Å². The maximum atomic E-state index is 11.5. The van der Waals surface area contributed by atoms with Gasteiger partial charge in [0.25, 0.3) is 0 Å². The highest BCUT2D eigenvalue weighted by molar-refractivity contribution is 5.89. The van der Waals surface area contributed by atoms with E-state index >= 15 is 0 Å². The Kier molecular flexibility index (Phi) is 4.15. The zero-order chi connectivity index (χ0) is 13.0. The van der Waals surface area contributed by atoms with Crippen LogP contribution in [-0.4, -0.2) is 43.2 Å². The normalized spacial score (nSPS) is 19.7. The standard InChI is InChI=1S/C13H19N3O2/c1-3-18-13(17)11-4-5-12(15-9-11)16-7-6-14-8-10(16)2/h4-5,9-10,14H,3,6-8H2,1-2H3. The van der Waals surface area contributed by atoms with Crippen LogP contribution in [0.1, 0.15) is 24.2 Å². The molecule has 0 spiro atoms. The van der Waals surface area contributed by atoms with Gasteiger partial charge in [-0.05, 0) is 26.0 Å². The number of piperazine rings is 1. The molecule has 2 heterocycles. The van der Waals surface area contributed by atoms with Gasteiger partial charge in [0.05, 0.1) is 12.2 Å². The molecule has 98 valence electrons. The van der Waals surface area contributed by atoms with Crippen molar-refractivity contribution in [1.29, 1.82) is 0 Å². The Morgan fingerprint density at radius 3 is 3.06 bits per heavy atom. The number of pyridine rings is 1. The number of ether oxygens (including phenoxy) is 1. The minimum Gasteiger partial charge on any atom is -0.462 e. The molecule has 1 saturated heterocycles. The lowest BCUT2D eigenvalue weighted by Crippen LogP contribution is -2.50. The first-order valence-electron chi connectivity index (χ1n) is 6.33. The van der Waals surface area contributed by atoms with Crippen LogP contribution in [-0.2, 0) is 4.74 Å². The molecule has 1 unspecified atom stereocenters. The number of carbonyl (C=O) groups is 1. The van der Waals surface area contributed by atoms with Crippen molar-refractivity contribution in [2.24, 2.45) is 0 Å². The van der Waals surface area contributed by atoms with E-state index in [2.05, 4.69) is 22.1 Å². The smallest absolute Gasteiger partial charge is 0.339 e. The third-order valence-corrected chi connectivity index (χ3v) is 3.05. The summed E-state index contributed by atoms with van der Waals surface area (Å²) in [5.41, 5.74) is 0.503. The van der Waals surface area contributed by atoms with E-state index in [4.69, 9.17) is 4.74 Å². The molecule has 0 radical (unpaired) electrons. The van der Waals surface area contributed by atoms with Crippen molar-refractivity contribution in [3.05, 3.63) is 23.9 Å². The zero-order valence-electron chi connectivity index (χ0n) is 10.8. The van der Waals surface area contributed by atoms with Crippen molar-refractivity contribution >= 4 is 11.8 Å². The van der Waals surface area contributed by atoms with E-state index in [0.29, 0.717) is 18.2 Å². The number of hydrogen-bond donors (Lipinski definition) is 1. The fourth-order valence-corrected chi connectivity index (χ4v) is 2.07. The van der Waals surface area contributed by atoms with Gasteiger partial charge in [0.2, 0.25) is 0 Å². The lowest BCUT2D eigenvalue weighted by Gasteiger charge is -2.34. The van der Waals surface area contributed by atoms with Gasteiger partial charge in [-0.3, -0.25) is 0 Å². The number of nitrogens with one attached hydrogen (secondary N) is 1. The molecule has 18 heavy (non-hydrogen) atoms. The number of anilines is 1. The Labute approximate surface area is 107 Å². The monoisotopic (exact) mass is 249 g/mol. The quantitative estimate of drug-likeness (QED) is 0.812. The summed E-state index contributed by atoms with van der Waals surface area (Å²) in [6.45, 7) is 7.20. The molecule has 1 fully saturated rings. The number of rotatable bonds is 3. The van der Waals surface area contributed by atoms with Gasteiger partial charge in [0.1, 0.15) is 5.82 Å². The molecule has 1 aromatic rings. The fourth-order valence-electron chi connectivity index (χ4n) is 2.07. The summed E-state index contributed by atoms with van der Waals surface area (Å²) in [6, 6.07) is 4.07. The molecular formula is C13H19N3O2. The molecule has 1 N–H and O–H groups in total. The second kappa shape index (κ2) is 5.82. The number of aromatic nitrogens is 1. The number of carbonyl (C=O) groups excluding carboxylic acids is 1. The van der Waals surface area contributed by atoms with Crippen LogP contribution >= 0.6 is 0 Å². The van der Waals surface area contributed by atoms with E-state index in [9.17, 15) is 4.79 Å². The van der Waals surface area contributed by atoms with Crippen LogP contribution in [0.5, 0.6) is 0 Å². The van der Waals surface area contributed by atoms with Gasteiger partial charge in [0, 0.05) is 31.9 Å². The maximum Gasteiger partial charge on any atom is 0.339 e. The largest absolute Gasteiger partial charge is 0.462 e. The number of hydrogen-bond acceptors (Lipinski definition) is 5. The van der Waals surface area contributed by atoms with Crippen molar-refractivity contribution < 1.29 is 9.53 Å². The van der Waals surface area contributed by atoms with Gasteiger partial charge < -0.3 is 15.0 Å². The summed E-state index contributed by atoms with van der Waals surface area (Å²) >= 11 is 0. The Hall–Kier alpha value is -1.62. The lowest BCUT2D eigenvalue weighted by molar-refractivity contribution is 0.0526. The van der Waals surface area contributed by atoms with Crippen molar-refractivity contribution in [2.45, 2.75) is 19.9 Å². The second-order valence-corrected chi connectivity index (χ2v) is 4.37. The molecule has 1 aromatic heterocycles. The molecule has 1 aliphatic rings. The topological polar surface area (TPSA) is 54.5 Å². The lowest BCUT2D eigenvalue weighted by atomic mass is 10.2. The summed E-state index contributed by atoms with van der Waals surface area (Å²) in [5, 5.41) is 3.34. The SMILES string of the molecule is CCOC(=O)c1ccc(N2CCNCC2C)nc1. The second-order valence-electron chi connectivity index (χ2n) is 4.37. The van der Waals surface area contributed by atoms with Gasteiger partial charge in [-0.2, -0.15) is 0 Å². The predicted molar refractivity (Wildman–Crippen MR) is 69.9 cm³/mol. The summed E-state index contributed by atoms with van der Waals surface area (Å²) in [4.78, 5) is 18.1. The molecule has 0 bridgehead atoms. The first kappa shape index (κ1) is 12.8. The van der Waals surface area contributed by atoms with Gasteiger partial charge in [0.15, 0.2) is 0 Å². The van der Waals surface area contributed by atoms with E-state index in [1.54, 1.807) is 19.2 Å². The van der Waals surface area contributed by atoms with Crippen molar-refractivity contribution in [3.63, 3.8) is 0 Å². The van der Waals surface area contributed by atoms with Gasteiger partial charge in [-0.15, -0.1) is 0 Å². The summed E-state index contributed by atoms with van der Waals surface area (Å²) in [6.07, 6.45) is 1.59. The number of nitrogens with zero attached hydrogens (tertiary/aromatic N) is 2. The Balaban J connectivity index is 2.09. The van der Waals surface area contributed by atoms with Gasteiger partial charge >= 0.3 is 5.97 Å². The Bertz CT molecular complexity index is 405. The van der Waals surface area contributed by atoms with Crippen LogP contribution in [0, 0.1) is 0 Å². The van der Waals surface area contributed by atoms with Crippen LogP contribution in [0.4, 0.5) is 5.82 Å². The Morgan fingerprint density at radius 1 is 1.61 bits per heavy atom. The first-order valence-corrected chi connectivity index (χ1v) is 6.33. The van der Waals surface area contributed by atoms with Crippen LogP contribution in [0.3, 0.4) is 0 Å². The fraction of sp³-hybridized carbons (Fsp3) is 0.538. The van der Waals surface area contributed by atoms with Crippen molar-refractivity contribution in [2.75, 3.05) is 31.1 Å². The third-order valence-electron chi connectivity index (χ3n) is 3.05. The highest BCUT2D eigenvalue weighted by atomic mass is 16.5. The third kappa shape index (κ3) is 2.79. The van der Waals surface area contributed by atoms with Crippen molar-refractivity contribution in [1.82, 2.24) is 10.3 Å². The number of esters is 1. The van der Waals surface area contributed by atoms with E-state index in [1.807, 2.05) is 6.07 Å². The summed E-state index contributed by atoms with van der Waals surface area (Å²) in [5.74, 6) is 0.599. The highest BCUT2D eigenvalue weighted by Crippen LogP contribution is 2.16. The van der Waals surface area contributed by atoms with E-state index in [0.717, 1.165) is 25.5 Å². The Morgan fingerprint density at radius 2 is 2.44 bits per heavy atom. The average Bonchev–Trinajstić information content (AvgIpc) is 2.40. The first-order chi connectivity index (χ1) is 8.72. The van der Waals surface area contributed by atoms with Crippen LogP contribution in [0.2, 0.25) is 0 Å². The van der Waals surface area contributed by atoms with Crippen LogP contribution in [0.25, 0.3) is 0 Å². The average molecular weight is 249 g/mol. The molecule has 1 atom stereocenters. The van der Waals surface area contributed by atoms with Crippen LogP contribution in [0.15, 0.2) is 18.3 Å². The molecule has 2 rings (SSSR count). The van der Waals surface area contributed by atoms with Crippen LogP contribution < -0.4 is 10.2 Å². The highest BCUT2D eigenvalue weighted by Gasteiger charge is 2.19. The minimum atomic E-state index is -0.315. The molecule has 1 aliphatic heterocycles. The van der Waals surface area contributed by atoms with Crippen molar-refractivity contribution in [3.8, 4) is 0 Å². The zero-order valence-corrected chi connectivity index (χ0v) is 10.8. The molecule has 5 heteroatoms. The summed E-state index contributed by atoms with van der Waals surface area (Å²) < 4.78 is 4.93. The minimum absolute atomic E-state index is 0.315. The summed E-state index contributed by atoms with van der Waals surface area (Å²) in [7, 11) is 0. The van der Waals surface area contributed by atoms with E-state index in [-0.39, 0.29) is 5.97 Å². The molecule has 0 aromatic carbocycles. The molecule has 0 aliphatic carbocycles. The van der Waals surface area contributed by atoms with E-state index < -0.39 is 0 Å². The molecule has 5 nitrogen and oxygen atoms in total. The van der Waals surface area contributed by atoms with E-state index in [1.165, 1.54) is 0 Å². The van der Waals surface area contributed by atoms with Gasteiger partial charge in [-0.1, -0.05) is 0 Å². The maximum absolute atomic E-state index is 11.5. The predicted octanol–water partition coefficient (Wildman–Crippen LogP) is 1.06. The molecular weight excluding hydrogens is 230 g/mol. The molecule has 0 amide bonds.